The molecule has 0 amide bonds. The zero-order chi connectivity index (χ0) is 13.7. The second kappa shape index (κ2) is 4.74. The molecule has 0 aliphatic carbocycles. The van der Waals surface area contributed by atoms with Crippen LogP contribution in [0.5, 0.6) is 0 Å². The summed E-state index contributed by atoms with van der Waals surface area (Å²) in [5.41, 5.74) is 2.09. The molecule has 3 heterocycles. The smallest absolute Gasteiger partial charge is 0.109 e. The van der Waals surface area contributed by atoms with Gasteiger partial charge in [0.15, 0.2) is 0 Å². The van der Waals surface area contributed by atoms with Crippen LogP contribution in [0.2, 0.25) is 5.02 Å². The summed E-state index contributed by atoms with van der Waals surface area (Å²) in [5.74, 6) is 1.95. The number of fused-ring (bicyclic) bond motifs is 3. The van der Waals surface area contributed by atoms with Crippen molar-refractivity contribution in [3.8, 4) is 0 Å². The van der Waals surface area contributed by atoms with Gasteiger partial charge in [-0.2, -0.15) is 0 Å². The van der Waals surface area contributed by atoms with Gasteiger partial charge >= 0.3 is 0 Å². The summed E-state index contributed by atoms with van der Waals surface area (Å²) in [6.45, 7) is 0. The van der Waals surface area contributed by atoms with Gasteiger partial charge in [-0.3, -0.25) is 0 Å². The average molecular weight is 290 g/mol. The van der Waals surface area contributed by atoms with Crippen LogP contribution in [-0.2, 0) is 13.5 Å². The van der Waals surface area contributed by atoms with E-state index in [0.29, 0.717) is 0 Å². The van der Waals surface area contributed by atoms with Crippen LogP contribution in [-0.4, -0.2) is 21.6 Å². The summed E-state index contributed by atoms with van der Waals surface area (Å²) < 4.78 is 2.18. The number of halogens is 1. The molecule has 0 saturated carbocycles. The highest BCUT2D eigenvalue weighted by molar-refractivity contribution is 6.35. The van der Waals surface area contributed by atoms with Crippen LogP contribution in [0.25, 0.3) is 11.0 Å². The van der Waals surface area contributed by atoms with Crippen molar-refractivity contribution in [2.45, 2.75) is 44.2 Å². The molecule has 20 heavy (non-hydrogen) atoms. The Morgan fingerprint density at radius 2 is 2.05 bits per heavy atom. The lowest BCUT2D eigenvalue weighted by atomic mass is 9.89. The highest BCUT2D eigenvalue weighted by Gasteiger charge is 2.33. The standard InChI is InChI=1S/C16H20ClN3/c1-20-15(19-14-4-2-3-13(17)16(14)20)9-10-7-11-5-6-12(8-10)18-11/h2-4,10-12,18H,5-9H2,1H3. The number of aromatic nitrogens is 2. The summed E-state index contributed by atoms with van der Waals surface area (Å²) in [5, 5.41) is 4.51. The van der Waals surface area contributed by atoms with Crippen molar-refractivity contribution in [3.63, 3.8) is 0 Å². The average Bonchev–Trinajstić information content (AvgIpc) is 2.92. The van der Waals surface area contributed by atoms with Gasteiger partial charge in [0.05, 0.1) is 16.1 Å². The molecule has 2 saturated heterocycles. The minimum Gasteiger partial charge on any atom is -0.330 e. The first-order valence-corrected chi connectivity index (χ1v) is 7.94. The molecule has 1 aromatic carbocycles. The summed E-state index contributed by atoms with van der Waals surface area (Å²) in [6.07, 6.45) is 6.39. The number of benzene rings is 1. The Morgan fingerprint density at radius 3 is 2.75 bits per heavy atom. The lowest BCUT2D eigenvalue weighted by Gasteiger charge is -2.28. The van der Waals surface area contributed by atoms with Gasteiger partial charge in [0.1, 0.15) is 5.82 Å². The zero-order valence-corrected chi connectivity index (χ0v) is 12.5. The Bertz CT molecular complexity index is 636. The van der Waals surface area contributed by atoms with E-state index in [-0.39, 0.29) is 0 Å². The number of aryl methyl sites for hydroxylation is 1. The maximum Gasteiger partial charge on any atom is 0.109 e. The van der Waals surface area contributed by atoms with Gasteiger partial charge < -0.3 is 9.88 Å². The van der Waals surface area contributed by atoms with Crippen LogP contribution < -0.4 is 5.32 Å². The highest BCUT2D eigenvalue weighted by atomic mass is 35.5. The second-order valence-electron chi connectivity index (χ2n) is 6.37. The fourth-order valence-electron chi connectivity index (χ4n) is 4.05. The summed E-state index contributed by atoms with van der Waals surface area (Å²) in [4.78, 5) is 4.80. The van der Waals surface area contributed by atoms with Gasteiger partial charge in [0, 0.05) is 25.6 Å². The molecular formula is C16H20ClN3. The number of nitrogens with zero attached hydrogens (tertiary/aromatic N) is 2. The molecule has 2 aliphatic rings. The van der Waals surface area contributed by atoms with Crippen LogP contribution in [0.3, 0.4) is 0 Å². The molecule has 0 radical (unpaired) electrons. The lowest BCUT2D eigenvalue weighted by Crippen LogP contribution is -2.38. The van der Waals surface area contributed by atoms with Crippen molar-refractivity contribution in [3.05, 3.63) is 29.0 Å². The quantitative estimate of drug-likeness (QED) is 0.919. The Morgan fingerprint density at radius 1 is 1.30 bits per heavy atom. The summed E-state index contributed by atoms with van der Waals surface area (Å²) in [7, 11) is 2.09. The van der Waals surface area contributed by atoms with Gasteiger partial charge in [-0.15, -0.1) is 0 Å². The van der Waals surface area contributed by atoms with Crippen LogP contribution in [0.15, 0.2) is 18.2 Å². The fraction of sp³-hybridized carbons (Fsp3) is 0.562. The van der Waals surface area contributed by atoms with E-state index in [2.05, 4.69) is 23.0 Å². The van der Waals surface area contributed by atoms with Crippen molar-refractivity contribution < 1.29 is 0 Å². The first-order valence-electron chi connectivity index (χ1n) is 7.56. The number of hydrogen-bond donors (Lipinski definition) is 1. The van der Waals surface area contributed by atoms with Crippen LogP contribution in [0.4, 0.5) is 0 Å². The van der Waals surface area contributed by atoms with Crippen molar-refractivity contribution in [1.29, 1.82) is 0 Å². The predicted molar refractivity (Wildman–Crippen MR) is 82.1 cm³/mol. The van der Waals surface area contributed by atoms with E-state index in [1.807, 2.05) is 12.1 Å². The minimum atomic E-state index is 0.747. The Labute approximate surface area is 124 Å². The third kappa shape index (κ3) is 2.04. The van der Waals surface area contributed by atoms with Crippen LogP contribution in [0.1, 0.15) is 31.5 Å². The SMILES string of the molecule is Cn1c(CC2CC3CCC(C2)N3)nc2cccc(Cl)c21. The molecular weight excluding hydrogens is 270 g/mol. The molecule has 4 rings (SSSR count). The molecule has 1 N–H and O–H groups in total. The Hall–Kier alpha value is -1.06. The van der Waals surface area contributed by atoms with E-state index < -0.39 is 0 Å². The molecule has 0 spiro atoms. The van der Waals surface area contributed by atoms with Gasteiger partial charge in [-0.1, -0.05) is 17.7 Å². The molecule has 2 fully saturated rings. The maximum atomic E-state index is 6.30. The van der Waals surface area contributed by atoms with Gasteiger partial charge in [-0.05, 0) is 43.7 Å². The molecule has 4 heteroatoms. The maximum absolute atomic E-state index is 6.30. The van der Waals surface area contributed by atoms with Crippen molar-refractivity contribution in [2.75, 3.05) is 0 Å². The molecule has 1 aromatic heterocycles. The molecule has 2 atom stereocenters. The van der Waals surface area contributed by atoms with Crippen molar-refractivity contribution >= 4 is 22.6 Å². The van der Waals surface area contributed by atoms with E-state index in [1.54, 1.807) is 0 Å². The van der Waals surface area contributed by atoms with Gasteiger partial charge in [0.25, 0.3) is 0 Å². The van der Waals surface area contributed by atoms with E-state index in [1.165, 1.54) is 31.5 Å². The van der Waals surface area contributed by atoms with E-state index in [0.717, 1.165) is 40.5 Å². The molecule has 2 aliphatic heterocycles. The largest absolute Gasteiger partial charge is 0.330 e. The fourth-order valence-corrected chi connectivity index (χ4v) is 4.35. The van der Waals surface area contributed by atoms with Crippen molar-refractivity contribution in [1.82, 2.24) is 14.9 Å². The Kier molecular flexibility index (Phi) is 3.00. The highest BCUT2D eigenvalue weighted by Crippen LogP contribution is 2.33. The van der Waals surface area contributed by atoms with Crippen LogP contribution >= 0.6 is 11.6 Å². The van der Waals surface area contributed by atoms with E-state index in [4.69, 9.17) is 16.6 Å². The third-order valence-corrected chi connectivity index (χ3v) is 5.28. The number of hydrogen-bond acceptors (Lipinski definition) is 2. The minimum absolute atomic E-state index is 0.747. The number of para-hydroxylation sites is 1. The van der Waals surface area contributed by atoms with Crippen LogP contribution in [0, 0.1) is 5.92 Å². The van der Waals surface area contributed by atoms with Gasteiger partial charge in [0.2, 0.25) is 0 Å². The number of nitrogens with one attached hydrogen (secondary N) is 1. The molecule has 2 bridgehead atoms. The number of imidazole rings is 1. The topological polar surface area (TPSA) is 29.9 Å². The van der Waals surface area contributed by atoms with E-state index >= 15 is 0 Å². The monoisotopic (exact) mass is 289 g/mol. The molecule has 106 valence electrons. The first kappa shape index (κ1) is 12.7. The number of piperidine rings is 1. The molecule has 2 aromatic rings. The lowest BCUT2D eigenvalue weighted by molar-refractivity contribution is 0.294. The third-order valence-electron chi connectivity index (χ3n) is 4.98. The summed E-state index contributed by atoms with van der Waals surface area (Å²) >= 11 is 6.30. The molecule has 2 unspecified atom stereocenters. The Balaban J connectivity index is 1.63. The van der Waals surface area contributed by atoms with Crippen molar-refractivity contribution in [2.24, 2.45) is 13.0 Å². The zero-order valence-electron chi connectivity index (χ0n) is 11.8. The molecule has 3 nitrogen and oxygen atoms in total. The number of rotatable bonds is 2. The van der Waals surface area contributed by atoms with E-state index in [9.17, 15) is 0 Å². The van der Waals surface area contributed by atoms with Gasteiger partial charge in [-0.25, -0.2) is 4.98 Å². The predicted octanol–water partition coefficient (Wildman–Crippen LogP) is 3.30. The normalized spacial score (nSPS) is 29.2. The second-order valence-corrected chi connectivity index (χ2v) is 6.78. The first-order chi connectivity index (χ1) is 9.70. The summed E-state index contributed by atoms with van der Waals surface area (Å²) in [6, 6.07) is 7.47.